The second kappa shape index (κ2) is 10.1. The highest BCUT2D eigenvalue weighted by atomic mass is 16.5. The van der Waals surface area contributed by atoms with E-state index in [1.54, 1.807) is 0 Å². The molecule has 0 radical (unpaired) electrons. The second-order valence-corrected chi connectivity index (χ2v) is 11.4. The van der Waals surface area contributed by atoms with Crippen LogP contribution in [0, 0.1) is 11.8 Å². The fraction of sp³-hybridized carbons (Fsp3) is 0.394. The molecule has 1 saturated heterocycles. The molecule has 2 atom stereocenters. The van der Waals surface area contributed by atoms with Gasteiger partial charge in [-0.2, -0.15) is 0 Å². The number of rotatable bonds is 5. The van der Waals surface area contributed by atoms with Crippen molar-refractivity contribution < 1.29 is 14.6 Å². The first-order valence-electron chi connectivity index (χ1n) is 14.4. The molecule has 0 aromatic heterocycles. The molecular weight excluding hydrogens is 514 g/mol. The Labute approximate surface area is 241 Å². The Bertz CT molecular complexity index is 1650. The predicted molar refractivity (Wildman–Crippen MR) is 162 cm³/mol. The Morgan fingerprint density at radius 1 is 1.05 bits per heavy atom. The maximum atomic E-state index is 12.2. The molecule has 0 saturated carbocycles. The number of carbonyl (C=O) groups excluding carboxylic acids is 1. The smallest absolute Gasteiger partial charge is 0.305 e. The molecule has 8 nitrogen and oxygen atoms in total. The molecule has 6 aliphatic rings. The zero-order valence-corrected chi connectivity index (χ0v) is 24.6. The first-order chi connectivity index (χ1) is 19.7. The van der Waals surface area contributed by atoms with Crippen LogP contribution in [0.4, 0.5) is 0 Å². The third kappa shape index (κ3) is 4.23. The number of nitrogens with two attached hydrogens (primary N) is 1. The number of aliphatic hydroxyl groups is 1. The Kier molecular flexibility index (Phi) is 6.69. The van der Waals surface area contributed by atoms with Gasteiger partial charge in [0.2, 0.25) is 0 Å². The second-order valence-electron chi connectivity index (χ2n) is 11.4. The number of carbonyl (C=O) groups is 1. The van der Waals surface area contributed by atoms with Crippen molar-refractivity contribution in [2.24, 2.45) is 32.5 Å². The van der Waals surface area contributed by atoms with Crippen molar-refractivity contribution in [3.8, 4) is 0 Å². The van der Waals surface area contributed by atoms with Crippen molar-refractivity contribution in [3.05, 3.63) is 91.5 Å². The molecule has 0 unspecified atom stereocenters. The number of hydrogen-bond donors (Lipinski definition) is 3. The van der Waals surface area contributed by atoms with E-state index >= 15 is 0 Å². The predicted octanol–water partition coefficient (Wildman–Crippen LogP) is 5.57. The lowest BCUT2D eigenvalue weighted by molar-refractivity contribution is -0.140. The van der Waals surface area contributed by atoms with E-state index in [9.17, 15) is 9.90 Å². The third-order valence-corrected chi connectivity index (χ3v) is 9.27. The summed E-state index contributed by atoms with van der Waals surface area (Å²) in [6, 6.07) is 0. The average molecular weight is 552 g/mol. The maximum Gasteiger partial charge on any atom is 0.305 e. The van der Waals surface area contributed by atoms with Crippen LogP contribution in [0.15, 0.2) is 106 Å². The molecule has 5 aliphatic heterocycles. The molecule has 0 amide bonds. The van der Waals surface area contributed by atoms with Crippen molar-refractivity contribution in [3.63, 3.8) is 0 Å². The third-order valence-electron chi connectivity index (χ3n) is 9.27. The van der Waals surface area contributed by atoms with Crippen molar-refractivity contribution in [2.45, 2.75) is 60.3 Å². The van der Waals surface area contributed by atoms with E-state index in [1.165, 1.54) is 12.7 Å². The fourth-order valence-corrected chi connectivity index (χ4v) is 6.79. The number of nitrogens with one attached hydrogen (secondary N) is 1. The van der Waals surface area contributed by atoms with Crippen LogP contribution in [0.25, 0.3) is 0 Å². The lowest BCUT2D eigenvalue weighted by Gasteiger charge is -2.17. The van der Waals surface area contributed by atoms with Crippen LogP contribution in [0.3, 0.4) is 0 Å². The number of aliphatic hydroxyl groups excluding tert-OH is 1. The van der Waals surface area contributed by atoms with Crippen LogP contribution in [-0.2, 0) is 9.53 Å². The molecule has 1 fully saturated rings. The minimum absolute atomic E-state index is 0.0257. The summed E-state index contributed by atoms with van der Waals surface area (Å²) in [6.45, 7) is 10.9. The van der Waals surface area contributed by atoms with Gasteiger partial charge in [0, 0.05) is 53.8 Å². The van der Waals surface area contributed by atoms with E-state index in [2.05, 4.69) is 39.1 Å². The summed E-state index contributed by atoms with van der Waals surface area (Å²) >= 11 is 0. The summed E-state index contributed by atoms with van der Waals surface area (Å²) in [5.74, 6) is 0.207. The van der Waals surface area contributed by atoms with Crippen LogP contribution < -0.4 is 11.1 Å². The van der Waals surface area contributed by atoms with Crippen molar-refractivity contribution in [1.29, 1.82) is 0 Å². The Hall–Kier alpha value is -4.04. The summed E-state index contributed by atoms with van der Waals surface area (Å²) in [5, 5.41) is 14.9. The number of ether oxygens (including phenoxy) is 1. The van der Waals surface area contributed by atoms with E-state index in [1.807, 2.05) is 19.1 Å². The van der Waals surface area contributed by atoms with E-state index < -0.39 is 0 Å². The molecule has 4 N–H and O–H groups in total. The number of allylic oxidation sites excluding steroid dienone is 11. The molecular formula is C33H37N5O3. The summed E-state index contributed by atoms with van der Waals surface area (Å²) < 4.78 is 4.97. The van der Waals surface area contributed by atoms with Gasteiger partial charge in [-0.05, 0) is 79.7 Å². The van der Waals surface area contributed by atoms with Crippen molar-refractivity contribution in [2.75, 3.05) is 13.7 Å². The molecule has 1 aliphatic carbocycles. The molecule has 8 bridgehead atoms. The number of nitrogens with zero attached hydrogens (tertiary/aromatic N) is 3. The first kappa shape index (κ1) is 27.1. The Morgan fingerprint density at radius 3 is 2.41 bits per heavy atom. The van der Waals surface area contributed by atoms with Gasteiger partial charge in [-0.25, -0.2) is 15.0 Å². The Balaban J connectivity index is 1.59. The summed E-state index contributed by atoms with van der Waals surface area (Å²) in [6.07, 6.45) is 8.36. The topological polar surface area (TPSA) is 122 Å². The highest BCUT2D eigenvalue weighted by molar-refractivity contribution is 6.21. The molecule has 8 heteroatoms. The SMILES string of the molecule is CCC1=C(C)C2=NC1=CC1=C(C)C3=C(O)CC(=C4NC(=CC5=NC(=C2)C(CN)=C5C)[C@@H](C)[C@@H]4CCC(=O)OC)C3=N1. The van der Waals surface area contributed by atoms with Gasteiger partial charge in [-0.1, -0.05) is 13.8 Å². The zero-order valence-electron chi connectivity index (χ0n) is 24.6. The van der Waals surface area contributed by atoms with Gasteiger partial charge < -0.3 is 20.9 Å². The molecule has 6 rings (SSSR count). The number of hydrogen-bond acceptors (Lipinski definition) is 8. The molecule has 212 valence electrons. The summed E-state index contributed by atoms with van der Waals surface area (Å²) in [7, 11) is 1.42. The highest BCUT2D eigenvalue weighted by Gasteiger charge is 2.41. The van der Waals surface area contributed by atoms with Gasteiger partial charge in [0.05, 0.1) is 41.3 Å². The highest BCUT2D eigenvalue weighted by Crippen LogP contribution is 2.46. The van der Waals surface area contributed by atoms with Crippen molar-refractivity contribution in [1.82, 2.24) is 5.32 Å². The van der Waals surface area contributed by atoms with Crippen LogP contribution >= 0.6 is 0 Å². The van der Waals surface area contributed by atoms with Gasteiger partial charge in [0.25, 0.3) is 0 Å². The van der Waals surface area contributed by atoms with E-state index in [0.717, 1.165) is 85.5 Å². The largest absolute Gasteiger partial charge is 0.511 e. The number of esters is 1. The normalized spacial score (nSPS) is 25.0. The van der Waals surface area contributed by atoms with E-state index in [-0.39, 0.29) is 17.8 Å². The van der Waals surface area contributed by atoms with Crippen LogP contribution in [0.2, 0.25) is 0 Å². The number of aliphatic imine (C=N–C) groups is 3. The van der Waals surface area contributed by atoms with E-state index in [4.69, 9.17) is 25.4 Å². The van der Waals surface area contributed by atoms with E-state index in [0.29, 0.717) is 31.6 Å². The quantitative estimate of drug-likeness (QED) is 0.386. The van der Waals surface area contributed by atoms with Gasteiger partial charge in [-0.15, -0.1) is 0 Å². The first-order valence-corrected chi connectivity index (χ1v) is 14.4. The summed E-state index contributed by atoms with van der Waals surface area (Å²) in [4.78, 5) is 27.3. The van der Waals surface area contributed by atoms with Gasteiger partial charge >= 0.3 is 5.97 Å². The molecule has 0 spiro atoms. The fourth-order valence-electron chi connectivity index (χ4n) is 6.79. The van der Waals surface area contributed by atoms with Gasteiger partial charge in [0.15, 0.2) is 0 Å². The number of methoxy groups -OCH3 is 1. The van der Waals surface area contributed by atoms with Gasteiger partial charge in [0.1, 0.15) is 5.76 Å². The number of fused-ring (bicyclic) bond motifs is 5. The summed E-state index contributed by atoms with van der Waals surface area (Å²) in [5.41, 5.74) is 20.5. The molecule has 0 aromatic rings. The molecule has 0 aromatic carbocycles. The monoisotopic (exact) mass is 551 g/mol. The van der Waals surface area contributed by atoms with Crippen LogP contribution in [0.1, 0.15) is 60.3 Å². The van der Waals surface area contributed by atoms with Gasteiger partial charge in [-0.3, -0.25) is 4.79 Å². The minimum Gasteiger partial charge on any atom is -0.511 e. The lowest BCUT2D eigenvalue weighted by Crippen LogP contribution is -2.16. The zero-order chi connectivity index (χ0) is 29.2. The standard InChI is InChI=1S/C33H37N5O3/c1-7-19-15(2)24-12-28-22(14-34)17(4)23(36-28)11-25-16(3)20(8-9-30(40)41-6)32(37-25)21-10-29(39)31-18(5)26(38-33(21)31)13-27(19)35-24/h11-13,16,20,37,39H,7-10,14,34H2,1-6H3/t16-,20-/m0/s1. The average Bonchev–Trinajstić information content (AvgIpc) is 3.70. The van der Waals surface area contributed by atoms with Crippen molar-refractivity contribution >= 4 is 23.1 Å². The Morgan fingerprint density at radius 2 is 1.73 bits per heavy atom. The minimum atomic E-state index is -0.234. The van der Waals surface area contributed by atoms with Crippen LogP contribution in [0.5, 0.6) is 0 Å². The molecule has 5 heterocycles. The molecule has 41 heavy (non-hydrogen) atoms. The maximum absolute atomic E-state index is 12.2. The van der Waals surface area contributed by atoms with Crippen LogP contribution in [-0.4, -0.2) is 41.9 Å². The lowest BCUT2D eigenvalue weighted by atomic mass is 9.86.